The summed E-state index contributed by atoms with van der Waals surface area (Å²) in [6.45, 7) is 10.8. The molecular weight excluding hydrogens is 446 g/mol. The summed E-state index contributed by atoms with van der Waals surface area (Å²) in [5.41, 5.74) is 3.20. The molecular formula is C26H33N5O2S. The van der Waals surface area contributed by atoms with E-state index in [4.69, 9.17) is 9.72 Å². The van der Waals surface area contributed by atoms with Crippen LogP contribution in [0.4, 0.5) is 5.69 Å². The van der Waals surface area contributed by atoms with Gasteiger partial charge in [0.2, 0.25) is 5.91 Å². The Hall–Kier alpha value is -2.36. The first-order valence-corrected chi connectivity index (χ1v) is 13.0. The third-order valence-electron chi connectivity index (χ3n) is 6.74. The highest BCUT2D eigenvalue weighted by atomic mass is 32.1. The Morgan fingerprint density at radius 3 is 2.47 bits per heavy atom. The van der Waals surface area contributed by atoms with E-state index >= 15 is 0 Å². The lowest BCUT2D eigenvalue weighted by Gasteiger charge is -2.37. The van der Waals surface area contributed by atoms with Gasteiger partial charge in [0, 0.05) is 51.5 Å². The molecule has 1 N–H and O–H groups in total. The average Bonchev–Trinajstić information content (AvgIpc) is 3.30. The molecule has 1 atom stereocenters. The number of nitrogens with one attached hydrogen (secondary N) is 1. The fourth-order valence-corrected chi connectivity index (χ4v) is 5.70. The number of aromatic nitrogens is 1. The predicted molar refractivity (Wildman–Crippen MR) is 137 cm³/mol. The van der Waals surface area contributed by atoms with Crippen molar-refractivity contribution >= 4 is 33.1 Å². The molecule has 5 rings (SSSR count). The van der Waals surface area contributed by atoms with Crippen molar-refractivity contribution in [1.29, 1.82) is 0 Å². The van der Waals surface area contributed by atoms with Gasteiger partial charge in [0.25, 0.3) is 0 Å². The molecule has 2 aromatic carbocycles. The van der Waals surface area contributed by atoms with E-state index in [1.807, 2.05) is 18.2 Å². The highest BCUT2D eigenvalue weighted by Gasteiger charge is 2.25. The van der Waals surface area contributed by atoms with Gasteiger partial charge in [0.05, 0.1) is 36.0 Å². The van der Waals surface area contributed by atoms with E-state index < -0.39 is 0 Å². The van der Waals surface area contributed by atoms with Crippen LogP contribution in [0.5, 0.6) is 0 Å². The van der Waals surface area contributed by atoms with Gasteiger partial charge in [-0.15, -0.1) is 11.3 Å². The van der Waals surface area contributed by atoms with Gasteiger partial charge in [-0.2, -0.15) is 0 Å². The molecule has 1 unspecified atom stereocenters. The zero-order valence-corrected chi connectivity index (χ0v) is 20.6. The van der Waals surface area contributed by atoms with Crippen molar-refractivity contribution in [2.24, 2.45) is 0 Å². The first-order chi connectivity index (χ1) is 16.6. The van der Waals surface area contributed by atoms with E-state index in [0.717, 1.165) is 70.2 Å². The summed E-state index contributed by atoms with van der Waals surface area (Å²) in [6.07, 6.45) is 0. The van der Waals surface area contributed by atoms with Crippen LogP contribution in [-0.2, 0) is 16.1 Å². The molecule has 0 aliphatic carbocycles. The minimum Gasteiger partial charge on any atom is -0.379 e. The SMILES string of the molecule is CC(c1nc2ccccc2s1)N1CCN(CC(=O)Nc2ccc(CN3CCOCC3)cc2)CC1. The summed E-state index contributed by atoms with van der Waals surface area (Å²) in [5, 5.41) is 4.23. The van der Waals surface area contributed by atoms with Crippen molar-refractivity contribution in [3.63, 3.8) is 0 Å². The van der Waals surface area contributed by atoms with Crippen LogP contribution in [-0.4, -0.2) is 84.6 Å². The molecule has 1 aromatic heterocycles. The van der Waals surface area contributed by atoms with Gasteiger partial charge in [0.1, 0.15) is 5.01 Å². The van der Waals surface area contributed by atoms with Gasteiger partial charge in [-0.05, 0) is 36.8 Å². The van der Waals surface area contributed by atoms with Crippen molar-refractivity contribution in [3.05, 3.63) is 59.1 Å². The number of para-hydroxylation sites is 1. The molecule has 2 fully saturated rings. The lowest BCUT2D eigenvalue weighted by atomic mass is 10.2. The zero-order valence-electron chi connectivity index (χ0n) is 19.8. The highest BCUT2D eigenvalue weighted by Crippen LogP contribution is 2.29. The number of benzene rings is 2. The van der Waals surface area contributed by atoms with Gasteiger partial charge in [-0.1, -0.05) is 24.3 Å². The zero-order chi connectivity index (χ0) is 23.3. The number of carbonyl (C=O) groups excluding carboxylic acids is 1. The fourth-order valence-electron chi connectivity index (χ4n) is 4.65. The second-order valence-corrected chi connectivity index (χ2v) is 10.2. The van der Waals surface area contributed by atoms with E-state index in [1.165, 1.54) is 15.3 Å². The number of thiazole rings is 1. The van der Waals surface area contributed by atoms with Crippen LogP contribution in [0, 0.1) is 0 Å². The van der Waals surface area contributed by atoms with Gasteiger partial charge < -0.3 is 10.1 Å². The summed E-state index contributed by atoms with van der Waals surface area (Å²) in [5.74, 6) is 0.0496. The molecule has 0 saturated carbocycles. The van der Waals surface area contributed by atoms with E-state index in [0.29, 0.717) is 12.6 Å². The van der Waals surface area contributed by atoms with Crippen LogP contribution in [0.2, 0.25) is 0 Å². The third kappa shape index (κ3) is 5.82. The van der Waals surface area contributed by atoms with Crippen LogP contribution in [0.15, 0.2) is 48.5 Å². The van der Waals surface area contributed by atoms with Gasteiger partial charge in [-0.3, -0.25) is 19.5 Å². The Morgan fingerprint density at radius 2 is 1.74 bits per heavy atom. The molecule has 7 nitrogen and oxygen atoms in total. The largest absolute Gasteiger partial charge is 0.379 e. The van der Waals surface area contributed by atoms with E-state index in [2.05, 4.69) is 57.3 Å². The monoisotopic (exact) mass is 479 g/mol. The molecule has 34 heavy (non-hydrogen) atoms. The molecule has 0 bridgehead atoms. The number of hydrogen-bond donors (Lipinski definition) is 1. The predicted octanol–water partition coefficient (Wildman–Crippen LogP) is 3.45. The van der Waals surface area contributed by atoms with Gasteiger partial charge in [0.15, 0.2) is 0 Å². The van der Waals surface area contributed by atoms with Gasteiger partial charge >= 0.3 is 0 Å². The molecule has 2 aliphatic rings. The normalized spacial score (nSPS) is 19.3. The number of rotatable bonds is 7. The Bertz CT molecular complexity index is 1060. The Balaban J connectivity index is 1.07. The van der Waals surface area contributed by atoms with E-state index in [9.17, 15) is 4.79 Å². The summed E-state index contributed by atoms with van der Waals surface area (Å²) in [4.78, 5) is 24.6. The first kappa shape index (κ1) is 23.4. The van der Waals surface area contributed by atoms with Crippen LogP contribution in [0.3, 0.4) is 0 Å². The molecule has 3 aromatic rings. The number of carbonyl (C=O) groups is 1. The third-order valence-corrected chi connectivity index (χ3v) is 7.94. The number of amides is 1. The van der Waals surface area contributed by atoms with Crippen LogP contribution < -0.4 is 5.32 Å². The summed E-state index contributed by atoms with van der Waals surface area (Å²) >= 11 is 1.78. The minimum absolute atomic E-state index is 0.0496. The molecule has 180 valence electrons. The van der Waals surface area contributed by atoms with Crippen LogP contribution >= 0.6 is 11.3 Å². The number of piperazine rings is 1. The Kier molecular flexibility index (Phi) is 7.51. The molecule has 2 aliphatic heterocycles. The second-order valence-electron chi connectivity index (χ2n) is 9.14. The molecule has 1 amide bonds. The number of ether oxygens (including phenoxy) is 1. The maximum atomic E-state index is 12.6. The Labute approximate surface area is 205 Å². The van der Waals surface area contributed by atoms with Crippen molar-refractivity contribution < 1.29 is 9.53 Å². The van der Waals surface area contributed by atoms with Gasteiger partial charge in [-0.25, -0.2) is 4.98 Å². The number of hydrogen-bond acceptors (Lipinski definition) is 7. The van der Waals surface area contributed by atoms with E-state index in [-0.39, 0.29) is 5.91 Å². The molecule has 2 saturated heterocycles. The first-order valence-electron chi connectivity index (χ1n) is 12.1. The van der Waals surface area contributed by atoms with Crippen molar-refractivity contribution in [2.45, 2.75) is 19.5 Å². The standard InChI is InChI=1S/C26H33N5O2S/c1-20(26-28-23-4-2-3-5-24(23)34-26)31-12-10-29(11-13-31)19-25(32)27-22-8-6-21(7-9-22)18-30-14-16-33-17-15-30/h2-9,20H,10-19H2,1H3,(H,27,32). The maximum Gasteiger partial charge on any atom is 0.238 e. The van der Waals surface area contributed by atoms with Crippen LogP contribution in [0.25, 0.3) is 10.2 Å². The smallest absolute Gasteiger partial charge is 0.238 e. The fraction of sp³-hybridized carbons (Fsp3) is 0.462. The van der Waals surface area contributed by atoms with E-state index in [1.54, 1.807) is 11.3 Å². The molecule has 0 radical (unpaired) electrons. The average molecular weight is 480 g/mol. The summed E-state index contributed by atoms with van der Waals surface area (Å²) in [7, 11) is 0. The molecule has 8 heteroatoms. The number of fused-ring (bicyclic) bond motifs is 1. The van der Waals surface area contributed by atoms with Crippen molar-refractivity contribution in [2.75, 3.05) is 64.3 Å². The molecule has 0 spiro atoms. The quantitative estimate of drug-likeness (QED) is 0.560. The highest BCUT2D eigenvalue weighted by molar-refractivity contribution is 7.18. The topological polar surface area (TPSA) is 60.9 Å². The Morgan fingerprint density at radius 1 is 1.00 bits per heavy atom. The lowest BCUT2D eigenvalue weighted by Crippen LogP contribution is -2.49. The molecule has 3 heterocycles. The minimum atomic E-state index is 0.0496. The lowest BCUT2D eigenvalue weighted by molar-refractivity contribution is -0.117. The van der Waals surface area contributed by atoms with Crippen molar-refractivity contribution in [1.82, 2.24) is 19.7 Å². The number of morpholine rings is 1. The van der Waals surface area contributed by atoms with Crippen molar-refractivity contribution in [3.8, 4) is 0 Å². The summed E-state index contributed by atoms with van der Waals surface area (Å²) in [6, 6.07) is 16.8. The summed E-state index contributed by atoms with van der Waals surface area (Å²) < 4.78 is 6.66. The second kappa shape index (κ2) is 10.9. The number of anilines is 1. The maximum absolute atomic E-state index is 12.6. The number of nitrogens with zero attached hydrogens (tertiary/aromatic N) is 4. The van der Waals surface area contributed by atoms with Crippen LogP contribution in [0.1, 0.15) is 23.5 Å².